The zero-order chi connectivity index (χ0) is 11.3. The van der Waals surface area contributed by atoms with Crippen molar-refractivity contribution in [2.24, 2.45) is 5.84 Å². The lowest BCUT2D eigenvalue weighted by atomic mass is 10.2. The van der Waals surface area contributed by atoms with Gasteiger partial charge in [-0.3, -0.25) is 11.3 Å². The monoisotopic (exact) mass is 245 g/mol. The van der Waals surface area contributed by atoms with Crippen LogP contribution in [0.25, 0.3) is 0 Å². The molecule has 0 aliphatic carbocycles. The second kappa shape index (κ2) is 6.48. The van der Waals surface area contributed by atoms with Gasteiger partial charge in [-0.1, -0.05) is 13.8 Å². The molecule has 0 spiro atoms. The first-order valence-electron chi connectivity index (χ1n) is 5.10. The SMILES string of the molecule is Cc1nc(CC(CSC(C)C)NN)cs1. The number of rotatable bonds is 6. The Morgan fingerprint density at radius 2 is 2.33 bits per heavy atom. The summed E-state index contributed by atoms with van der Waals surface area (Å²) in [5, 5.41) is 3.88. The van der Waals surface area contributed by atoms with Crippen LogP contribution >= 0.6 is 23.1 Å². The fourth-order valence-corrected chi connectivity index (χ4v) is 2.69. The third-order valence-corrected chi connectivity index (χ3v) is 4.07. The number of aromatic nitrogens is 1. The number of hydrazine groups is 1. The molecule has 0 aromatic carbocycles. The van der Waals surface area contributed by atoms with Crippen LogP contribution < -0.4 is 11.3 Å². The van der Waals surface area contributed by atoms with Crippen molar-refractivity contribution in [2.75, 3.05) is 5.75 Å². The first-order chi connectivity index (χ1) is 7.11. The van der Waals surface area contributed by atoms with Crippen molar-refractivity contribution in [1.29, 1.82) is 0 Å². The molecule has 0 saturated carbocycles. The second-order valence-corrected chi connectivity index (χ2v) is 6.48. The quantitative estimate of drug-likeness (QED) is 0.594. The number of hydrogen-bond acceptors (Lipinski definition) is 5. The smallest absolute Gasteiger partial charge is 0.0897 e. The Balaban J connectivity index is 2.39. The molecule has 0 amide bonds. The normalized spacial score (nSPS) is 13.4. The van der Waals surface area contributed by atoms with Crippen LogP contribution in [-0.2, 0) is 6.42 Å². The predicted octanol–water partition coefficient (Wildman–Crippen LogP) is 1.97. The fraction of sp³-hybridized carbons (Fsp3) is 0.700. The van der Waals surface area contributed by atoms with Crippen molar-refractivity contribution < 1.29 is 0 Å². The molecular formula is C10H19N3S2. The van der Waals surface area contributed by atoms with Crippen LogP contribution in [0.3, 0.4) is 0 Å². The molecule has 0 bridgehead atoms. The van der Waals surface area contributed by atoms with Gasteiger partial charge >= 0.3 is 0 Å². The summed E-state index contributed by atoms with van der Waals surface area (Å²) in [5.74, 6) is 6.56. The summed E-state index contributed by atoms with van der Waals surface area (Å²) < 4.78 is 0. The maximum absolute atomic E-state index is 5.53. The molecule has 1 heterocycles. The van der Waals surface area contributed by atoms with Gasteiger partial charge in [-0.15, -0.1) is 11.3 Å². The number of nitrogens with two attached hydrogens (primary N) is 1. The van der Waals surface area contributed by atoms with E-state index in [2.05, 4.69) is 29.6 Å². The molecule has 1 aromatic rings. The molecular weight excluding hydrogens is 226 g/mol. The Hall–Kier alpha value is -0.100. The van der Waals surface area contributed by atoms with E-state index in [1.165, 1.54) is 0 Å². The Labute approximate surface area is 99.8 Å². The second-order valence-electron chi connectivity index (χ2n) is 3.81. The summed E-state index contributed by atoms with van der Waals surface area (Å²) in [6, 6.07) is 0.318. The summed E-state index contributed by atoms with van der Waals surface area (Å²) in [4.78, 5) is 4.44. The minimum atomic E-state index is 0.318. The lowest BCUT2D eigenvalue weighted by Gasteiger charge is -2.15. The summed E-state index contributed by atoms with van der Waals surface area (Å²) in [6.07, 6.45) is 0.917. The van der Waals surface area contributed by atoms with E-state index in [0.717, 1.165) is 22.9 Å². The van der Waals surface area contributed by atoms with Gasteiger partial charge in [-0.05, 0) is 12.2 Å². The molecule has 1 atom stereocenters. The number of aryl methyl sites for hydroxylation is 1. The summed E-state index contributed by atoms with van der Waals surface area (Å²) >= 11 is 3.62. The van der Waals surface area contributed by atoms with Crippen molar-refractivity contribution in [3.05, 3.63) is 16.1 Å². The highest BCUT2D eigenvalue weighted by atomic mass is 32.2. The van der Waals surface area contributed by atoms with Crippen LogP contribution in [0.15, 0.2) is 5.38 Å². The van der Waals surface area contributed by atoms with E-state index in [0.29, 0.717) is 11.3 Å². The molecule has 15 heavy (non-hydrogen) atoms. The van der Waals surface area contributed by atoms with E-state index in [4.69, 9.17) is 5.84 Å². The topological polar surface area (TPSA) is 50.9 Å². The molecule has 0 radical (unpaired) electrons. The number of thioether (sulfide) groups is 1. The van der Waals surface area contributed by atoms with E-state index in [1.807, 2.05) is 18.7 Å². The number of nitrogens with one attached hydrogen (secondary N) is 1. The van der Waals surface area contributed by atoms with Crippen molar-refractivity contribution >= 4 is 23.1 Å². The summed E-state index contributed by atoms with van der Waals surface area (Å²) in [7, 11) is 0. The highest BCUT2D eigenvalue weighted by Crippen LogP contribution is 2.14. The van der Waals surface area contributed by atoms with Crippen LogP contribution in [0.4, 0.5) is 0 Å². The summed E-state index contributed by atoms with van der Waals surface area (Å²) in [5.41, 5.74) is 4.00. The molecule has 1 rings (SSSR count). The molecule has 0 aliphatic rings. The van der Waals surface area contributed by atoms with Crippen molar-refractivity contribution in [2.45, 2.75) is 38.5 Å². The predicted molar refractivity (Wildman–Crippen MR) is 69.3 cm³/mol. The maximum atomic E-state index is 5.53. The first-order valence-corrected chi connectivity index (χ1v) is 7.03. The summed E-state index contributed by atoms with van der Waals surface area (Å²) in [6.45, 7) is 6.43. The Bertz CT molecular complexity index is 286. The van der Waals surface area contributed by atoms with Gasteiger partial charge in [0.05, 0.1) is 10.7 Å². The van der Waals surface area contributed by atoms with Crippen LogP contribution in [0.2, 0.25) is 0 Å². The molecule has 0 aliphatic heterocycles. The van der Waals surface area contributed by atoms with Gasteiger partial charge < -0.3 is 0 Å². The van der Waals surface area contributed by atoms with Gasteiger partial charge in [-0.25, -0.2) is 4.98 Å². The van der Waals surface area contributed by atoms with Gasteiger partial charge in [-0.2, -0.15) is 11.8 Å². The highest BCUT2D eigenvalue weighted by molar-refractivity contribution is 7.99. The van der Waals surface area contributed by atoms with Crippen molar-refractivity contribution in [1.82, 2.24) is 10.4 Å². The van der Waals surface area contributed by atoms with E-state index in [9.17, 15) is 0 Å². The van der Waals surface area contributed by atoms with Gasteiger partial charge in [0.2, 0.25) is 0 Å². The molecule has 86 valence electrons. The first kappa shape index (κ1) is 13.0. The van der Waals surface area contributed by atoms with Crippen molar-refractivity contribution in [3.8, 4) is 0 Å². The molecule has 1 aromatic heterocycles. The molecule has 3 nitrogen and oxygen atoms in total. The minimum Gasteiger partial charge on any atom is -0.271 e. The van der Waals surface area contributed by atoms with E-state index < -0.39 is 0 Å². The van der Waals surface area contributed by atoms with Crippen LogP contribution in [-0.4, -0.2) is 22.0 Å². The number of thiazole rings is 1. The Morgan fingerprint density at radius 1 is 1.60 bits per heavy atom. The molecule has 3 N–H and O–H groups in total. The third-order valence-electron chi connectivity index (χ3n) is 1.99. The maximum Gasteiger partial charge on any atom is 0.0897 e. The molecule has 1 unspecified atom stereocenters. The Kier molecular flexibility index (Phi) is 5.60. The fourth-order valence-electron chi connectivity index (χ4n) is 1.23. The molecule has 0 saturated heterocycles. The zero-order valence-electron chi connectivity index (χ0n) is 9.49. The van der Waals surface area contributed by atoms with E-state index in [1.54, 1.807) is 11.3 Å². The van der Waals surface area contributed by atoms with Gasteiger partial charge in [0.15, 0.2) is 0 Å². The van der Waals surface area contributed by atoms with Crippen LogP contribution in [0, 0.1) is 6.92 Å². The van der Waals surface area contributed by atoms with E-state index in [-0.39, 0.29) is 0 Å². The van der Waals surface area contributed by atoms with Gasteiger partial charge in [0, 0.05) is 23.6 Å². The molecule has 0 fully saturated rings. The van der Waals surface area contributed by atoms with Gasteiger partial charge in [0.1, 0.15) is 0 Å². The van der Waals surface area contributed by atoms with Crippen LogP contribution in [0.1, 0.15) is 24.5 Å². The van der Waals surface area contributed by atoms with E-state index >= 15 is 0 Å². The Morgan fingerprint density at radius 3 is 2.80 bits per heavy atom. The number of hydrogen-bond donors (Lipinski definition) is 2. The van der Waals surface area contributed by atoms with Gasteiger partial charge in [0.25, 0.3) is 0 Å². The highest BCUT2D eigenvalue weighted by Gasteiger charge is 2.10. The lowest BCUT2D eigenvalue weighted by Crippen LogP contribution is -2.39. The third kappa shape index (κ3) is 4.97. The average Bonchev–Trinajstić information content (AvgIpc) is 2.58. The lowest BCUT2D eigenvalue weighted by molar-refractivity contribution is 0.569. The zero-order valence-corrected chi connectivity index (χ0v) is 11.1. The largest absolute Gasteiger partial charge is 0.271 e. The average molecular weight is 245 g/mol. The van der Waals surface area contributed by atoms with Crippen molar-refractivity contribution in [3.63, 3.8) is 0 Å². The molecule has 5 heteroatoms. The number of nitrogens with zero attached hydrogens (tertiary/aromatic N) is 1. The minimum absolute atomic E-state index is 0.318. The standard InChI is InChI=1S/C10H19N3S2/c1-7(2)14-6-10(13-11)4-9-5-15-8(3)12-9/h5,7,10,13H,4,6,11H2,1-3H3. The van der Waals surface area contributed by atoms with Crippen LogP contribution in [0.5, 0.6) is 0 Å².